The summed E-state index contributed by atoms with van der Waals surface area (Å²) in [5.74, 6) is 2.93. The van der Waals surface area contributed by atoms with Gasteiger partial charge in [0.1, 0.15) is 5.76 Å². The molecule has 0 aromatic heterocycles. The summed E-state index contributed by atoms with van der Waals surface area (Å²) in [6, 6.07) is 0. The molecule has 0 amide bonds. The predicted octanol–water partition coefficient (Wildman–Crippen LogP) is 4.94. The molecule has 0 spiro atoms. The second kappa shape index (κ2) is 5.67. The van der Waals surface area contributed by atoms with Crippen LogP contribution >= 0.6 is 11.6 Å². The van der Waals surface area contributed by atoms with Crippen molar-refractivity contribution in [2.45, 2.75) is 58.0 Å². The number of fused-ring (bicyclic) bond motifs is 4. The lowest BCUT2D eigenvalue weighted by Gasteiger charge is -2.50. The van der Waals surface area contributed by atoms with E-state index in [0.29, 0.717) is 11.8 Å². The van der Waals surface area contributed by atoms with Gasteiger partial charge in [-0.25, -0.2) is 0 Å². The first-order valence-corrected chi connectivity index (χ1v) is 9.44. The fourth-order valence-electron chi connectivity index (χ4n) is 5.95. The Morgan fingerprint density at radius 3 is 2.87 bits per heavy atom. The highest BCUT2D eigenvalue weighted by Crippen LogP contribution is 2.60. The quantitative estimate of drug-likeness (QED) is 0.736. The van der Waals surface area contributed by atoms with E-state index in [0.717, 1.165) is 42.4 Å². The van der Waals surface area contributed by atoms with E-state index < -0.39 is 0 Å². The van der Waals surface area contributed by atoms with Crippen LogP contribution in [0.1, 0.15) is 51.9 Å². The third kappa shape index (κ3) is 2.33. The maximum Gasteiger partial charge on any atom is 0.137 e. The molecule has 0 unspecified atom stereocenters. The molecule has 2 fully saturated rings. The first kappa shape index (κ1) is 15.8. The number of aliphatic hydroxyl groups excluding tert-OH is 1. The smallest absolute Gasteiger partial charge is 0.137 e. The van der Waals surface area contributed by atoms with Gasteiger partial charge < -0.3 is 9.84 Å². The Kier molecular flexibility index (Phi) is 3.89. The van der Waals surface area contributed by atoms with Gasteiger partial charge in [0.2, 0.25) is 0 Å². The summed E-state index contributed by atoms with van der Waals surface area (Å²) in [7, 11) is 1.70. The van der Waals surface area contributed by atoms with Crippen LogP contribution in [0.5, 0.6) is 0 Å². The normalized spacial score (nSPS) is 43.0. The fourth-order valence-corrected chi connectivity index (χ4v) is 6.16. The molecule has 126 valence electrons. The number of rotatable bonds is 1. The predicted molar refractivity (Wildman–Crippen MR) is 93.0 cm³/mol. The minimum atomic E-state index is -0.0905. The van der Waals surface area contributed by atoms with E-state index in [1.165, 1.54) is 24.8 Å². The largest absolute Gasteiger partial charge is 0.495 e. The van der Waals surface area contributed by atoms with E-state index in [9.17, 15) is 5.11 Å². The fraction of sp³-hybridized carbons (Fsp3) is 0.700. The van der Waals surface area contributed by atoms with Crippen molar-refractivity contribution in [3.8, 4) is 0 Å². The number of ether oxygens (including phenoxy) is 1. The number of allylic oxidation sites excluding steroid dienone is 5. The molecule has 0 aromatic rings. The van der Waals surface area contributed by atoms with Crippen LogP contribution in [0.4, 0.5) is 0 Å². The van der Waals surface area contributed by atoms with Gasteiger partial charge in [0, 0.05) is 0 Å². The minimum Gasteiger partial charge on any atom is -0.495 e. The van der Waals surface area contributed by atoms with E-state index >= 15 is 0 Å². The van der Waals surface area contributed by atoms with Gasteiger partial charge in [-0.1, -0.05) is 30.2 Å². The lowest BCUT2D eigenvalue weighted by atomic mass is 9.55. The van der Waals surface area contributed by atoms with Crippen LogP contribution in [0.15, 0.2) is 34.1 Å². The number of halogens is 1. The highest BCUT2D eigenvalue weighted by Gasteiger charge is 2.54. The monoisotopic (exact) mass is 334 g/mol. The second-order valence-electron chi connectivity index (χ2n) is 8.07. The Morgan fingerprint density at radius 2 is 2.09 bits per heavy atom. The lowest BCUT2D eigenvalue weighted by molar-refractivity contribution is -0.0306. The first-order chi connectivity index (χ1) is 11.0. The van der Waals surface area contributed by atoms with Crippen molar-refractivity contribution in [3.05, 3.63) is 34.1 Å². The van der Waals surface area contributed by atoms with Crippen molar-refractivity contribution in [3.63, 3.8) is 0 Å². The Balaban J connectivity index is 1.68. The number of hydrogen-bond acceptors (Lipinski definition) is 2. The molecule has 0 heterocycles. The summed E-state index contributed by atoms with van der Waals surface area (Å²) in [6.07, 6.45) is 12.1. The lowest BCUT2D eigenvalue weighted by Crippen LogP contribution is -2.44. The van der Waals surface area contributed by atoms with Crippen molar-refractivity contribution >= 4 is 11.6 Å². The summed E-state index contributed by atoms with van der Waals surface area (Å²) < 4.78 is 5.46. The van der Waals surface area contributed by atoms with Gasteiger partial charge in [-0.15, -0.1) is 0 Å². The van der Waals surface area contributed by atoms with E-state index in [1.54, 1.807) is 12.7 Å². The average Bonchev–Trinajstić information content (AvgIpc) is 2.75. The summed E-state index contributed by atoms with van der Waals surface area (Å²) in [4.78, 5) is 0. The van der Waals surface area contributed by atoms with Gasteiger partial charge in [0.25, 0.3) is 0 Å². The van der Waals surface area contributed by atoms with Gasteiger partial charge in [-0.3, -0.25) is 0 Å². The SMILES string of the molecule is COC1=CC2=C(CC=C1Cl)[C@H]1CC[C@]3(C)[C@@H](O)CC[C@H]3[C@@H]1CC2. The average molecular weight is 335 g/mol. The van der Waals surface area contributed by atoms with E-state index in [1.807, 2.05) is 0 Å². The zero-order chi connectivity index (χ0) is 16.2. The molecular weight excluding hydrogens is 308 g/mol. The third-order valence-corrected chi connectivity index (χ3v) is 7.60. The molecule has 4 aliphatic rings. The van der Waals surface area contributed by atoms with Crippen molar-refractivity contribution in [1.29, 1.82) is 0 Å². The van der Waals surface area contributed by atoms with Crippen LogP contribution in [0.25, 0.3) is 0 Å². The molecule has 0 aromatic carbocycles. The van der Waals surface area contributed by atoms with Gasteiger partial charge in [-0.2, -0.15) is 0 Å². The molecule has 0 saturated heterocycles. The summed E-state index contributed by atoms with van der Waals surface area (Å²) in [5, 5.41) is 11.2. The van der Waals surface area contributed by atoms with Gasteiger partial charge in [-0.05, 0) is 79.8 Å². The zero-order valence-electron chi connectivity index (χ0n) is 14.1. The number of methoxy groups -OCH3 is 1. The van der Waals surface area contributed by atoms with Gasteiger partial charge >= 0.3 is 0 Å². The van der Waals surface area contributed by atoms with Crippen molar-refractivity contribution in [1.82, 2.24) is 0 Å². The Bertz CT molecular complexity index is 603. The van der Waals surface area contributed by atoms with Gasteiger partial charge in [0.15, 0.2) is 0 Å². The second-order valence-corrected chi connectivity index (χ2v) is 8.48. The Hall–Kier alpha value is -0.730. The molecule has 3 heteroatoms. The maximum absolute atomic E-state index is 10.5. The minimum absolute atomic E-state index is 0.0905. The summed E-state index contributed by atoms with van der Waals surface area (Å²) in [6.45, 7) is 2.34. The molecule has 23 heavy (non-hydrogen) atoms. The molecule has 0 radical (unpaired) electrons. The van der Waals surface area contributed by atoms with Crippen LogP contribution in [0.3, 0.4) is 0 Å². The molecular formula is C20H27ClO2. The molecule has 2 saturated carbocycles. The van der Waals surface area contributed by atoms with Crippen molar-refractivity contribution < 1.29 is 9.84 Å². The van der Waals surface area contributed by atoms with E-state index in [2.05, 4.69) is 19.1 Å². The number of hydrogen-bond donors (Lipinski definition) is 1. The topological polar surface area (TPSA) is 29.5 Å². The first-order valence-electron chi connectivity index (χ1n) is 9.06. The number of aliphatic hydroxyl groups is 1. The summed E-state index contributed by atoms with van der Waals surface area (Å²) in [5.41, 5.74) is 3.21. The molecule has 1 N–H and O–H groups in total. The van der Waals surface area contributed by atoms with Crippen LogP contribution in [0.2, 0.25) is 0 Å². The summed E-state index contributed by atoms with van der Waals surface area (Å²) >= 11 is 6.37. The zero-order valence-corrected chi connectivity index (χ0v) is 14.9. The molecule has 2 nitrogen and oxygen atoms in total. The highest BCUT2D eigenvalue weighted by atomic mass is 35.5. The maximum atomic E-state index is 10.5. The van der Waals surface area contributed by atoms with Crippen LogP contribution in [0, 0.1) is 23.2 Å². The van der Waals surface area contributed by atoms with Gasteiger partial charge in [0.05, 0.1) is 18.2 Å². The van der Waals surface area contributed by atoms with E-state index in [4.69, 9.17) is 16.3 Å². The molecule has 4 rings (SSSR count). The van der Waals surface area contributed by atoms with Crippen LogP contribution in [-0.4, -0.2) is 18.3 Å². The molecule has 4 aliphatic carbocycles. The standard InChI is InChI=1S/C20H27ClO2/c1-20-10-9-14-13-5-7-17(21)18(23-2)11-12(13)3-4-15(14)16(20)6-8-19(20)22/h7,11,14-16,19,22H,3-6,8-10H2,1-2H3/t14-,15-,16+,19+,20+/m1/s1. The third-order valence-electron chi connectivity index (χ3n) is 7.26. The van der Waals surface area contributed by atoms with Crippen molar-refractivity contribution in [2.75, 3.05) is 7.11 Å². The van der Waals surface area contributed by atoms with Crippen LogP contribution in [-0.2, 0) is 4.74 Å². The van der Waals surface area contributed by atoms with Crippen molar-refractivity contribution in [2.24, 2.45) is 23.2 Å². The molecule has 5 atom stereocenters. The molecule has 0 bridgehead atoms. The Labute approximate surface area is 144 Å². The van der Waals surface area contributed by atoms with Crippen LogP contribution < -0.4 is 0 Å². The van der Waals surface area contributed by atoms with E-state index in [-0.39, 0.29) is 11.5 Å². The highest BCUT2D eigenvalue weighted by molar-refractivity contribution is 6.31. The molecule has 0 aliphatic heterocycles. The Morgan fingerprint density at radius 1 is 1.26 bits per heavy atom.